The number of aromatic nitrogens is 1. The topological polar surface area (TPSA) is 45.4 Å². The van der Waals surface area contributed by atoms with Gasteiger partial charge in [-0.2, -0.15) is 0 Å². The molecule has 0 saturated carbocycles. The van der Waals surface area contributed by atoms with Crippen molar-refractivity contribution in [2.45, 2.75) is 31.8 Å². The Hall–Kier alpha value is -1.04. The lowest BCUT2D eigenvalue weighted by Crippen LogP contribution is -2.44. The molecular formula is C16H27FN4. The van der Waals surface area contributed by atoms with E-state index in [-0.39, 0.29) is 11.9 Å². The highest BCUT2D eigenvalue weighted by Gasteiger charge is 2.24. The van der Waals surface area contributed by atoms with Crippen LogP contribution in [0.25, 0.3) is 0 Å². The average Bonchev–Trinajstić information content (AvgIpc) is 2.47. The molecule has 0 aliphatic carbocycles. The molecule has 2 atom stereocenters. The summed E-state index contributed by atoms with van der Waals surface area (Å²) in [4.78, 5) is 8.90. The molecule has 4 nitrogen and oxygen atoms in total. The molecule has 1 aliphatic rings. The van der Waals surface area contributed by atoms with Gasteiger partial charge in [0.05, 0.1) is 17.9 Å². The molecule has 2 N–H and O–H groups in total. The normalized spacial score (nSPS) is 20.7. The van der Waals surface area contributed by atoms with Crippen LogP contribution in [0, 0.1) is 11.7 Å². The maximum atomic E-state index is 12.9. The molecule has 1 aliphatic heterocycles. The van der Waals surface area contributed by atoms with E-state index in [1.54, 1.807) is 6.07 Å². The SMILES string of the molecule is CC(CN1CCC(N(C)C)CC1)C(N)c1ccc(F)cn1. The van der Waals surface area contributed by atoms with Gasteiger partial charge >= 0.3 is 0 Å². The molecule has 2 unspecified atom stereocenters. The van der Waals surface area contributed by atoms with E-state index in [1.807, 2.05) is 0 Å². The first-order chi connectivity index (χ1) is 9.97. The Morgan fingerprint density at radius 3 is 2.57 bits per heavy atom. The zero-order chi connectivity index (χ0) is 15.4. The van der Waals surface area contributed by atoms with Crippen molar-refractivity contribution in [3.8, 4) is 0 Å². The molecular weight excluding hydrogens is 267 g/mol. The molecule has 1 aromatic heterocycles. The number of pyridine rings is 1. The van der Waals surface area contributed by atoms with Gasteiger partial charge in [0, 0.05) is 12.6 Å². The van der Waals surface area contributed by atoms with E-state index in [4.69, 9.17) is 5.73 Å². The summed E-state index contributed by atoms with van der Waals surface area (Å²) >= 11 is 0. The van der Waals surface area contributed by atoms with Crippen LogP contribution in [0.1, 0.15) is 31.5 Å². The summed E-state index contributed by atoms with van der Waals surface area (Å²) in [6, 6.07) is 3.67. The molecule has 2 rings (SSSR count). The van der Waals surface area contributed by atoms with Crippen LogP contribution >= 0.6 is 0 Å². The second-order valence-corrected chi connectivity index (χ2v) is 6.40. The second kappa shape index (κ2) is 7.29. The fourth-order valence-corrected chi connectivity index (χ4v) is 3.02. The molecule has 21 heavy (non-hydrogen) atoms. The number of piperidine rings is 1. The van der Waals surface area contributed by atoms with Crippen LogP contribution in [-0.4, -0.2) is 54.6 Å². The van der Waals surface area contributed by atoms with E-state index in [0.29, 0.717) is 12.0 Å². The Kier molecular flexibility index (Phi) is 5.67. The molecule has 0 aromatic carbocycles. The van der Waals surface area contributed by atoms with E-state index in [1.165, 1.54) is 25.1 Å². The number of likely N-dealkylation sites (tertiary alicyclic amines) is 1. The smallest absolute Gasteiger partial charge is 0.141 e. The third kappa shape index (κ3) is 4.46. The standard InChI is InChI=1S/C16H27FN4/c1-12(16(18)15-5-4-13(17)10-19-15)11-21-8-6-14(7-9-21)20(2)3/h4-5,10,12,14,16H,6-9,11,18H2,1-3H3. The largest absolute Gasteiger partial charge is 0.322 e. The Morgan fingerprint density at radius 1 is 1.38 bits per heavy atom. The van der Waals surface area contributed by atoms with Crippen LogP contribution in [0.5, 0.6) is 0 Å². The molecule has 0 amide bonds. The quantitative estimate of drug-likeness (QED) is 0.901. The molecule has 1 aromatic rings. The Labute approximate surface area is 127 Å². The summed E-state index contributed by atoms with van der Waals surface area (Å²) in [6.45, 7) is 5.36. The van der Waals surface area contributed by atoms with Crippen LogP contribution in [-0.2, 0) is 0 Å². The summed E-state index contributed by atoms with van der Waals surface area (Å²) in [5.74, 6) is -0.0109. The lowest BCUT2D eigenvalue weighted by Gasteiger charge is -2.37. The monoisotopic (exact) mass is 294 g/mol. The van der Waals surface area contributed by atoms with Crippen molar-refractivity contribution in [2.75, 3.05) is 33.7 Å². The molecule has 0 bridgehead atoms. The highest BCUT2D eigenvalue weighted by Crippen LogP contribution is 2.21. The fraction of sp³-hybridized carbons (Fsp3) is 0.688. The van der Waals surface area contributed by atoms with Crippen LogP contribution < -0.4 is 5.73 Å². The second-order valence-electron chi connectivity index (χ2n) is 6.40. The Bertz CT molecular complexity index is 426. The van der Waals surface area contributed by atoms with Crippen LogP contribution in [0.15, 0.2) is 18.3 Å². The van der Waals surface area contributed by atoms with Gasteiger partial charge in [-0.3, -0.25) is 4.98 Å². The molecule has 2 heterocycles. The van der Waals surface area contributed by atoms with Gasteiger partial charge in [0.15, 0.2) is 0 Å². The number of nitrogens with zero attached hydrogens (tertiary/aromatic N) is 3. The van der Waals surface area contributed by atoms with Crippen LogP contribution in [0.3, 0.4) is 0 Å². The van der Waals surface area contributed by atoms with E-state index in [0.717, 1.165) is 25.3 Å². The number of rotatable bonds is 5. The Morgan fingerprint density at radius 2 is 2.05 bits per heavy atom. The van der Waals surface area contributed by atoms with Crippen molar-refractivity contribution >= 4 is 0 Å². The zero-order valence-corrected chi connectivity index (χ0v) is 13.3. The van der Waals surface area contributed by atoms with E-state index < -0.39 is 0 Å². The van der Waals surface area contributed by atoms with Gasteiger partial charge in [0.25, 0.3) is 0 Å². The van der Waals surface area contributed by atoms with Gasteiger partial charge in [0.2, 0.25) is 0 Å². The number of halogens is 1. The summed E-state index contributed by atoms with van der Waals surface area (Å²) in [5, 5.41) is 0. The predicted molar refractivity (Wildman–Crippen MR) is 83.4 cm³/mol. The molecule has 5 heteroatoms. The number of nitrogens with two attached hydrogens (primary N) is 1. The zero-order valence-electron chi connectivity index (χ0n) is 13.3. The summed E-state index contributed by atoms with van der Waals surface area (Å²) in [7, 11) is 4.30. The summed E-state index contributed by atoms with van der Waals surface area (Å²) < 4.78 is 12.9. The van der Waals surface area contributed by atoms with Crippen molar-refractivity contribution < 1.29 is 4.39 Å². The van der Waals surface area contributed by atoms with Crippen molar-refractivity contribution in [1.82, 2.24) is 14.8 Å². The number of hydrogen-bond donors (Lipinski definition) is 1. The first-order valence-corrected chi connectivity index (χ1v) is 7.73. The fourth-order valence-electron chi connectivity index (χ4n) is 3.02. The molecule has 0 spiro atoms. The van der Waals surface area contributed by atoms with Gasteiger partial charge in [-0.1, -0.05) is 6.92 Å². The highest BCUT2D eigenvalue weighted by atomic mass is 19.1. The third-order valence-corrected chi connectivity index (χ3v) is 4.54. The molecule has 118 valence electrons. The van der Waals surface area contributed by atoms with Crippen LogP contribution in [0.2, 0.25) is 0 Å². The minimum atomic E-state index is -0.315. The van der Waals surface area contributed by atoms with Gasteiger partial charge < -0.3 is 15.5 Å². The average molecular weight is 294 g/mol. The predicted octanol–water partition coefficient (Wildman–Crippen LogP) is 1.88. The first kappa shape index (κ1) is 16.3. The minimum absolute atomic E-state index is 0.142. The van der Waals surface area contributed by atoms with Gasteiger partial charge in [-0.15, -0.1) is 0 Å². The first-order valence-electron chi connectivity index (χ1n) is 7.73. The molecule has 1 saturated heterocycles. The maximum absolute atomic E-state index is 12.9. The van der Waals surface area contributed by atoms with E-state index in [2.05, 4.69) is 35.8 Å². The molecule has 1 fully saturated rings. The Balaban J connectivity index is 1.84. The highest BCUT2D eigenvalue weighted by molar-refractivity contribution is 5.10. The number of hydrogen-bond acceptors (Lipinski definition) is 4. The van der Waals surface area contributed by atoms with Gasteiger partial charge in [-0.25, -0.2) is 4.39 Å². The van der Waals surface area contributed by atoms with E-state index in [9.17, 15) is 4.39 Å². The maximum Gasteiger partial charge on any atom is 0.141 e. The van der Waals surface area contributed by atoms with Crippen LogP contribution in [0.4, 0.5) is 4.39 Å². The lowest BCUT2D eigenvalue weighted by molar-refractivity contribution is 0.127. The minimum Gasteiger partial charge on any atom is -0.322 e. The van der Waals surface area contributed by atoms with Gasteiger partial charge in [-0.05, 0) is 58.1 Å². The van der Waals surface area contributed by atoms with Crippen molar-refractivity contribution in [3.63, 3.8) is 0 Å². The van der Waals surface area contributed by atoms with E-state index >= 15 is 0 Å². The third-order valence-electron chi connectivity index (χ3n) is 4.54. The van der Waals surface area contributed by atoms with Crippen molar-refractivity contribution in [2.24, 2.45) is 11.7 Å². The van der Waals surface area contributed by atoms with Crippen molar-refractivity contribution in [3.05, 3.63) is 29.8 Å². The summed E-state index contributed by atoms with van der Waals surface area (Å²) in [5.41, 5.74) is 7.03. The van der Waals surface area contributed by atoms with Crippen molar-refractivity contribution in [1.29, 1.82) is 0 Å². The van der Waals surface area contributed by atoms with Gasteiger partial charge in [0.1, 0.15) is 5.82 Å². The molecule has 0 radical (unpaired) electrons. The summed E-state index contributed by atoms with van der Waals surface area (Å²) in [6.07, 6.45) is 3.66. The lowest BCUT2D eigenvalue weighted by atomic mass is 9.96.